The highest BCUT2D eigenvalue weighted by molar-refractivity contribution is 5.77. The quantitative estimate of drug-likeness (QED) is 0.910. The fourth-order valence-corrected chi connectivity index (χ4v) is 1.93. The molecule has 0 radical (unpaired) electrons. The molecule has 0 aliphatic rings. The summed E-state index contributed by atoms with van der Waals surface area (Å²) >= 11 is 0. The van der Waals surface area contributed by atoms with Crippen molar-refractivity contribution in [3.8, 4) is 0 Å². The van der Waals surface area contributed by atoms with Crippen LogP contribution in [0.3, 0.4) is 0 Å². The molecule has 20 heavy (non-hydrogen) atoms. The van der Waals surface area contributed by atoms with E-state index in [0.29, 0.717) is 18.0 Å². The minimum atomic E-state index is -0.420. The van der Waals surface area contributed by atoms with Gasteiger partial charge in [0, 0.05) is 19.0 Å². The Labute approximate surface area is 117 Å². The second-order valence-corrected chi connectivity index (χ2v) is 5.34. The third-order valence-electron chi connectivity index (χ3n) is 3.52. The minimum Gasteiger partial charge on any atom is -0.408 e. The molecule has 0 aliphatic carbocycles. The molecule has 108 valence electrons. The van der Waals surface area contributed by atoms with Crippen molar-refractivity contribution >= 4 is 17.0 Å². The summed E-state index contributed by atoms with van der Waals surface area (Å²) in [5, 5.41) is 2.92. The molecule has 1 unspecified atom stereocenters. The molecule has 0 fully saturated rings. The summed E-state index contributed by atoms with van der Waals surface area (Å²) in [5.41, 5.74) is 1.27. The molecule has 2 rings (SSSR count). The summed E-state index contributed by atoms with van der Waals surface area (Å²) in [7, 11) is 0. The molecule has 1 aromatic carbocycles. The summed E-state index contributed by atoms with van der Waals surface area (Å²) in [4.78, 5) is 23.6. The number of para-hydroxylation sites is 2. The van der Waals surface area contributed by atoms with Gasteiger partial charge in [0.25, 0.3) is 0 Å². The molecule has 0 bridgehead atoms. The third-order valence-corrected chi connectivity index (χ3v) is 3.52. The number of nitrogens with one attached hydrogen (secondary N) is 1. The first-order valence-electron chi connectivity index (χ1n) is 6.86. The van der Waals surface area contributed by atoms with Crippen molar-refractivity contribution < 1.29 is 9.21 Å². The Balaban J connectivity index is 2.04. The van der Waals surface area contributed by atoms with Crippen LogP contribution in [-0.2, 0) is 11.3 Å². The number of carbonyl (C=O) groups is 1. The van der Waals surface area contributed by atoms with Crippen LogP contribution in [0.25, 0.3) is 11.1 Å². The number of rotatable bonds is 5. The van der Waals surface area contributed by atoms with Crippen molar-refractivity contribution in [2.24, 2.45) is 5.92 Å². The Hall–Kier alpha value is -2.04. The maximum atomic E-state index is 11.8. The van der Waals surface area contributed by atoms with Gasteiger partial charge in [0.15, 0.2) is 5.58 Å². The van der Waals surface area contributed by atoms with Gasteiger partial charge in [0.05, 0.1) is 5.52 Å². The highest BCUT2D eigenvalue weighted by atomic mass is 16.4. The zero-order valence-corrected chi connectivity index (χ0v) is 12.1. The molecule has 2 aromatic rings. The Kier molecular flexibility index (Phi) is 4.27. The predicted molar refractivity (Wildman–Crippen MR) is 77.5 cm³/mol. The fraction of sp³-hybridized carbons (Fsp3) is 0.467. The Morgan fingerprint density at radius 3 is 2.70 bits per heavy atom. The predicted octanol–water partition coefficient (Wildman–Crippen LogP) is 2.15. The topological polar surface area (TPSA) is 64.2 Å². The van der Waals surface area contributed by atoms with Crippen LogP contribution in [0.1, 0.15) is 27.2 Å². The van der Waals surface area contributed by atoms with Gasteiger partial charge in [-0.15, -0.1) is 0 Å². The lowest BCUT2D eigenvalue weighted by Crippen LogP contribution is -2.36. The monoisotopic (exact) mass is 276 g/mol. The van der Waals surface area contributed by atoms with Crippen LogP contribution in [0, 0.1) is 5.92 Å². The highest BCUT2D eigenvalue weighted by Crippen LogP contribution is 2.12. The van der Waals surface area contributed by atoms with E-state index < -0.39 is 5.76 Å². The number of hydrogen-bond acceptors (Lipinski definition) is 3. The van der Waals surface area contributed by atoms with Crippen molar-refractivity contribution in [1.29, 1.82) is 0 Å². The van der Waals surface area contributed by atoms with E-state index in [1.54, 1.807) is 6.07 Å². The van der Waals surface area contributed by atoms with Gasteiger partial charge in [0.2, 0.25) is 5.91 Å². The molecule has 5 heteroatoms. The molecular weight excluding hydrogens is 256 g/mol. The smallest absolute Gasteiger partial charge is 0.408 e. The van der Waals surface area contributed by atoms with E-state index >= 15 is 0 Å². The van der Waals surface area contributed by atoms with Gasteiger partial charge in [0.1, 0.15) is 0 Å². The molecule has 5 nitrogen and oxygen atoms in total. The molecule has 1 aromatic heterocycles. The Morgan fingerprint density at radius 2 is 2.00 bits per heavy atom. The number of carbonyl (C=O) groups excluding carboxylic acids is 1. The van der Waals surface area contributed by atoms with Crippen molar-refractivity contribution in [3.05, 3.63) is 34.8 Å². The number of aryl methyl sites for hydroxylation is 1. The van der Waals surface area contributed by atoms with Crippen LogP contribution in [0.4, 0.5) is 0 Å². The zero-order valence-electron chi connectivity index (χ0n) is 12.1. The molecule has 0 spiro atoms. The van der Waals surface area contributed by atoms with E-state index in [-0.39, 0.29) is 18.4 Å². The van der Waals surface area contributed by atoms with Crippen LogP contribution >= 0.6 is 0 Å². The second-order valence-electron chi connectivity index (χ2n) is 5.34. The number of aromatic nitrogens is 1. The molecular formula is C15H20N2O3. The number of nitrogens with zero attached hydrogens (tertiary/aromatic N) is 1. The lowest BCUT2D eigenvalue weighted by molar-refractivity contribution is -0.122. The second kappa shape index (κ2) is 5.94. The SMILES string of the molecule is CC(C)C(C)NC(=O)CCn1c(=O)oc2ccccc21. The molecule has 0 saturated carbocycles. The van der Waals surface area contributed by atoms with Crippen molar-refractivity contribution in [2.45, 2.75) is 39.8 Å². The first-order chi connectivity index (χ1) is 9.49. The summed E-state index contributed by atoms with van der Waals surface area (Å²) in [6.07, 6.45) is 0.264. The van der Waals surface area contributed by atoms with Crippen molar-refractivity contribution in [1.82, 2.24) is 9.88 Å². The summed E-state index contributed by atoms with van der Waals surface area (Å²) in [6.45, 7) is 6.41. The molecule has 1 N–H and O–H groups in total. The number of oxazole rings is 1. The summed E-state index contributed by atoms with van der Waals surface area (Å²) < 4.78 is 6.62. The highest BCUT2D eigenvalue weighted by Gasteiger charge is 2.13. The average molecular weight is 276 g/mol. The van der Waals surface area contributed by atoms with Crippen LogP contribution in [0.2, 0.25) is 0 Å². The molecule has 1 atom stereocenters. The van der Waals surface area contributed by atoms with E-state index in [1.807, 2.05) is 25.1 Å². The number of benzene rings is 1. The summed E-state index contributed by atoms with van der Waals surface area (Å²) in [5.74, 6) is -0.0873. The summed E-state index contributed by atoms with van der Waals surface area (Å²) in [6, 6.07) is 7.34. The number of hydrogen-bond donors (Lipinski definition) is 1. The lowest BCUT2D eigenvalue weighted by atomic mass is 10.1. The van der Waals surface area contributed by atoms with Gasteiger partial charge >= 0.3 is 5.76 Å². The fourth-order valence-electron chi connectivity index (χ4n) is 1.93. The Morgan fingerprint density at radius 1 is 1.30 bits per heavy atom. The first-order valence-corrected chi connectivity index (χ1v) is 6.86. The maximum absolute atomic E-state index is 11.8. The van der Waals surface area contributed by atoms with Gasteiger partial charge in [-0.2, -0.15) is 0 Å². The molecule has 1 amide bonds. The van der Waals surface area contributed by atoms with Crippen molar-refractivity contribution in [2.75, 3.05) is 0 Å². The van der Waals surface area contributed by atoms with E-state index in [2.05, 4.69) is 19.2 Å². The van der Waals surface area contributed by atoms with E-state index in [9.17, 15) is 9.59 Å². The average Bonchev–Trinajstić information content (AvgIpc) is 2.71. The van der Waals surface area contributed by atoms with Crippen molar-refractivity contribution in [3.63, 3.8) is 0 Å². The first kappa shape index (κ1) is 14.4. The third kappa shape index (κ3) is 3.10. The molecule has 0 saturated heterocycles. The normalized spacial score (nSPS) is 12.8. The van der Waals surface area contributed by atoms with E-state index in [4.69, 9.17) is 4.42 Å². The van der Waals surface area contributed by atoms with E-state index in [1.165, 1.54) is 4.57 Å². The van der Waals surface area contributed by atoms with Crippen LogP contribution in [0.5, 0.6) is 0 Å². The number of amides is 1. The van der Waals surface area contributed by atoms with E-state index in [0.717, 1.165) is 5.52 Å². The maximum Gasteiger partial charge on any atom is 0.419 e. The van der Waals surface area contributed by atoms with Crippen LogP contribution in [0.15, 0.2) is 33.5 Å². The van der Waals surface area contributed by atoms with Gasteiger partial charge in [-0.3, -0.25) is 9.36 Å². The number of fused-ring (bicyclic) bond motifs is 1. The standard InChI is InChI=1S/C15H20N2O3/c1-10(2)11(3)16-14(18)8-9-17-12-6-4-5-7-13(12)20-15(17)19/h4-7,10-11H,8-9H2,1-3H3,(H,16,18). The molecule has 0 aliphatic heterocycles. The van der Waals surface area contributed by atoms with Gasteiger partial charge in [-0.25, -0.2) is 4.79 Å². The van der Waals surface area contributed by atoms with Crippen LogP contribution in [-0.4, -0.2) is 16.5 Å². The largest absolute Gasteiger partial charge is 0.419 e. The Bertz CT molecular complexity index is 654. The zero-order chi connectivity index (χ0) is 14.7. The minimum absolute atomic E-state index is 0.0524. The van der Waals surface area contributed by atoms with Gasteiger partial charge in [-0.05, 0) is 25.0 Å². The molecule has 1 heterocycles. The van der Waals surface area contributed by atoms with Crippen LogP contribution < -0.4 is 11.1 Å². The van der Waals surface area contributed by atoms with Gasteiger partial charge in [-0.1, -0.05) is 26.0 Å². The van der Waals surface area contributed by atoms with Gasteiger partial charge < -0.3 is 9.73 Å². The lowest BCUT2D eigenvalue weighted by Gasteiger charge is -2.17.